The van der Waals surface area contributed by atoms with Gasteiger partial charge in [0.05, 0.1) is 24.0 Å². The van der Waals surface area contributed by atoms with E-state index in [1.165, 1.54) is 21.4 Å². The van der Waals surface area contributed by atoms with Crippen molar-refractivity contribution in [2.75, 3.05) is 6.54 Å². The number of carbonyl (C=O) groups excluding carboxylic acids is 1. The van der Waals surface area contributed by atoms with Crippen LogP contribution in [-0.2, 0) is 14.8 Å². The van der Waals surface area contributed by atoms with E-state index in [1.54, 1.807) is 0 Å². The molecule has 0 aliphatic carbocycles. The fourth-order valence-corrected chi connectivity index (χ4v) is 4.58. The molecule has 0 radical (unpaired) electrons. The van der Waals surface area contributed by atoms with Crippen molar-refractivity contribution < 1.29 is 13.2 Å². The van der Waals surface area contributed by atoms with Crippen LogP contribution in [0.4, 0.5) is 0 Å². The van der Waals surface area contributed by atoms with Crippen LogP contribution in [0.15, 0.2) is 47.6 Å². The molecule has 7 nitrogen and oxygen atoms in total. The summed E-state index contributed by atoms with van der Waals surface area (Å²) < 4.78 is 28.7. The third-order valence-corrected chi connectivity index (χ3v) is 6.35. The van der Waals surface area contributed by atoms with Gasteiger partial charge in [-0.2, -0.15) is 9.40 Å². The number of nitrogens with two attached hydrogens (primary N) is 1. The molecule has 0 spiro atoms. The number of nitrogens with zero attached hydrogens (tertiary/aromatic N) is 3. The summed E-state index contributed by atoms with van der Waals surface area (Å²) in [6.07, 6.45) is 4.06. The van der Waals surface area contributed by atoms with Crippen LogP contribution in [-0.4, -0.2) is 41.0 Å². The average Bonchev–Trinajstić information content (AvgIpc) is 3.06. The van der Waals surface area contributed by atoms with E-state index in [0.717, 1.165) is 5.69 Å². The minimum absolute atomic E-state index is 0.114. The minimum atomic E-state index is -3.72. The van der Waals surface area contributed by atoms with Crippen LogP contribution >= 0.6 is 0 Å². The molecule has 1 amide bonds. The van der Waals surface area contributed by atoms with E-state index >= 15 is 0 Å². The van der Waals surface area contributed by atoms with Crippen molar-refractivity contribution in [1.29, 1.82) is 0 Å². The first-order chi connectivity index (χ1) is 11.4. The molecule has 1 fully saturated rings. The van der Waals surface area contributed by atoms with Crippen molar-refractivity contribution in [2.45, 2.75) is 30.7 Å². The Morgan fingerprint density at radius 2 is 1.96 bits per heavy atom. The van der Waals surface area contributed by atoms with Gasteiger partial charge in [0.2, 0.25) is 15.9 Å². The zero-order valence-corrected chi connectivity index (χ0v) is 14.2. The second kappa shape index (κ2) is 6.37. The van der Waals surface area contributed by atoms with E-state index < -0.39 is 21.8 Å². The molecule has 128 valence electrons. The Bertz CT molecular complexity index is 832. The largest absolute Gasteiger partial charge is 0.369 e. The van der Waals surface area contributed by atoms with Gasteiger partial charge in [-0.25, -0.2) is 13.1 Å². The lowest BCUT2D eigenvalue weighted by Crippen LogP contribution is -2.48. The number of hydrogen-bond donors (Lipinski definition) is 1. The molecule has 1 aromatic carbocycles. The van der Waals surface area contributed by atoms with Crippen molar-refractivity contribution >= 4 is 15.9 Å². The maximum Gasteiger partial charge on any atom is 0.246 e. The Labute approximate surface area is 141 Å². The second-order valence-electron chi connectivity index (χ2n) is 6.06. The van der Waals surface area contributed by atoms with Gasteiger partial charge < -0.3 is 5.73 Å². The van der Waals surface area contributed by atoms with E-state index in [-0.39, 0.29) is 17.5 Å². The molecular formula is C16H20N4O3S. The van der Waals surface area contributed by atoms with Crippen LogP contribution in [0.25, 0.3) is 5.69 Å². The molecule has 1 aliphatic rings. The highest BCUT2D eigenvalue weighted by atomic mass is 32.2. The van der Waals surface area contributed by atoms with Crippen LogP contribution in [0.5, 0.6) is 0 Å². The number of rotatable bonds is 4. The van der Waals surface area contributed by atoms with Crippen LogP contribution in [0.3, 0.4) is 0 Å². The molecule has 0 bridgehead atoms. The quantitative estimate of drug-likeness (QED) is 0.896. The predicted octanol–water partition coefficient (Wildman–Crippen LogP) is 1.15. The summed E-state index contributed by atoms with van der Waals surface area (Å²) in [7, 11) is -3.72. The van der Waals surface area contributed by atoms with Crippen LogP contribution in [0.1, 0.15) is 19.8 Å². The van der Waals surface area contributed by atoms with Crippen LogP contribution in [0.2, 0.25) is 0 Å². The molecule has 8 heteroatoms. The SMILES string of the molecule is CC1CCC(C(N)=O)CN1S(=O)(=O)c1cnn(-c2ccccc2)c1. The van der Waals surface area contributed by atoms with Crippen molar-refractivity contribution in [2.24, 2.45) is 11.7 Å². The number of sulfonamides is 1. The molecule has 0 saturated carbocycles. The molecule has 2 heterocycles. The molecule has 1 saturated heterocycles. The van der Waals surface area contributed by atoms with E-state index in [1.807, 2.05) is 37.3 Å². The maximum absolute atomic E-state index is 12.9. The molecule has 2 atom stereocenters. The molecule has 24 heavy (non-hydrogen) atoms. The topological polar surface area (TPSA) is 98.3 Å². The first-order valence-corrected chi connectivity index (χ1v) is 9.25. The minimum Gasteiger partial charge on any atom is -0.369 e. The van der Waals surface area contributed by atoms with Gasteiger partial charge in [-0.05, 0) is 31.9 Å². The Kier molecular flexibility index (Phi) is 4.42. The van der Waals surface area contributed by atoms with Crippen molar-refractivity contribution in [3.05, 3.63) is 42.7 Å². The lowest BCUT2D eigenvalue weighted by molar-refractivity contribution is -0.123. The van der Waals surface area contributed by atoms with Gasteiger partial charge in [0.15, 0.2) is 0 Å². The van der Waals surface area contributed by atoms with Crippen molar-refractivity contribution in [1.82, 2.24) is 14.1 Å². The fraction of sp³-hybridized carbons (Fsp3) is 0.375. The first kappa shape index (κ1) is 16.7. The molecule has 1 aliphatic heterocycles. The first-order valence-electron chi connectivity index (χ1n) is 7.81. The van der Waals surface area contributed by atoms with Gasteiger partial charge in [-0.1, -0.05) is 18.2 Å². The highest BCUT2D eigenvalue weighted by molar-refractivity contribution is 7.89. The number of amides is 1. The number of hydrogen-bond acceptors (Lipinski definition) is 4. The van der Waals surface area contributed by atoms with Gasteiger partial charge in [0.25, 0.3) is 0 Å². The van der Waals surface area contributed by atoms with E-state index in [4.69, 9.17) is 5.73 Å². The zero-order valence-electron chi connectivity index (χ0n) is 13.4. The molecule has 2 N–H and O–H groups in total. The molecule has 1 aromatic heterocycles. The average molecular weight is 348 g/mol. The number of primary amides is 1. The van der Waals surface area contributed by atoms with Crippen molar-refractivity contribution in [3.8, 4) is 5.69 Å². The van der Waals surface area contributed by atoms with Crippen LogP contribution in [0, 0.1) is 5.92 Å². The lowest BCUT2D eigenvalue weighted by Gasteiger charge is -2.35. The summed E-state index contributed by atoms with van der Waals surface area (Å²) >= 11 is 0. The van der Waals surface area contributed by atoms with E-state index in [0.29, 0.717) is 12.8 Å². The summed E-state index contributed by atoms with van der Waals surface area (Å²) in [5, 5.41) is 4.15. The summed E-state index contributed by atoms with van der Waals surface area (Å²) in [4.78, 5) is 11.6. The second-order valence-corrected chi connectivity index (χ2v) is 7.95. The highest BCUT2D eigenvalue weighted by Crippen LogP contribution is 2.28. The molecule has 2 unspecified atom stereocenters. The monoisotopic (exact) mass is 348 g/mol. The van der Waals surface area contributed by atoms with Gasteiger partial charge in [-0.3, -0.25) is 4.79 Å². The van der Waals surface area contributed by atoms with Gasteiger partial charge in [-0.15, -0.1) is 0 Å². The molecule has 3 rings (SSSR count). The number of aromatic nitrogens is 2. The third-order valence-electron chi connectivity index (χ3n) is 4.41. The maximum atomic E-state index is 12.9. The zero-order chi connectivity index (χ0) is 17.3. The third kappa shape index (κ3) is 3.07. The number of piperidine rings is 1. The summed E-state index contributed by atoms with van der Waals surface area (Å²) in [5.41, 5.74) is 6.14. The number of para-hydroxylation sites is 1. The van der Waals surface area contributed by atoms with E-state index in [9.17, 15) is 13.2 Å². The number of benzene rings is 1. The van der Waals surface area contributed by atoms with E-state index in [2.05, 4.69) is 5.10 Å². The summed E-state index contributed by atoms with van der Waals surface area (Å²) in [5.74, 6) is -0.901. The lowest BCUT2D eigenvalue weighted by atomic mass is 9.95. The Hall–Kier alpha value is -2.19. The molecular weight excluding hydrogens is 328 g/mol. The fourth-order valence-electron chi connectivity index (χ4n) is 2.94. The Morgan fingerprint density at radius 3 is 2.62 bits per heavy atom. The Balaban J connectivity index is 1.90. The van der Waals surface area contributed by atoms with Gasteiger partial charge in [0.1, 0.15) is 4.90 Å². The van der Waals surface area contributed by atoms with Gasteiger partial charge in [0, 0.05) is 12.6 Å². The van der Waals surface area contributed by atoms with Crippen LogP contribution < -0.4 is 5.73 Å². The van der Waals surface area contributed by atoms with Gasteiger partial charge >= 0.3 is 0 Å². The standard InChI is InChI=1S/C16H20N4O3S/c1-12-7-8-13(16(17)21)10-20(12)24(22,23)15-9-18-19(11-15)14-5-3-2-4-6-14/h2-6,9,11-13H,7-8,10H2,1H3,(H2,17,21). The number of carbonyl (C=O) groups is 1. The highest BCUT2D eigenvalue weighted by Gasteiger charge is 2.37. The predicted molar refractivity (Wildman–Crippen MR) is 88.8 cm³/mol. The van der Waals surface area contributed by atoms with Crippen molar-refractivity contribution in [3.63, 3.8) is 0 Å². The normalized spacial score (nSPS) is 22.4. The summed E-state index contributed by atoms with van der Waals surface area (Å²) in [6, 6.07) is 9.10. The molecule has 2 aromatic rings. The Morgan fingerprint density at radius 1 is 1.25 bits per heavy atom. The summed E-state index contributed by atoms with van der Waals surface area (Å²) in [6.45, 7) is 1.96. The smallest absolute Gasteiger partial charge is 0.246 e.